The minimum absolute atomic E-state index is 0.117. The molecule has 0 saturated heterocycles. The van der Waals surface area contributed by atoms with Crippen LogP contribution in [0.4, 0.5) is 0 Å². The van der Waals surface area contributed by atoms with Crippen LogP contribution in [-0.4, -0.2) is 34.5 Å². The number of amides is 1. The number of rotatable bonds is 5. The Morgan fingerprint density at radius 3 is 2.17 bits per heavy atom. The number of hydrogen-bond acceptors (Lipinski definition) is 2. The van der Waals surface area contributed by atoms with Gasteiger partial charge in [-0.2, -0.15) is 0 Å². The standard InChI is InChI=1S/C14H25NO3/c1-3-10-15(11(2)16)13(14(17)18)12-8-6-4-5-7-9-12/h12-13H,3-10H2,1-2H3,(H,17,18). The maximum absolute atomic E-state index is 11.7. The highest BCUT2D eigenvalue weighted by molar-refractivity contribution is 5.82. The molecule has 0 spiro atoms. The summed E-state index contributed by atoms with van der Waals surface area (Å²) in [4.78, 5) is 24.8. The largest absolute Gasteiger partial charge is 0.480 e. The van der Waals surface area contributed by atoms with Crippen LogP contribution in [0.2, 0.25) is 0 Å². The van der Waals surface area contributed by atoms with E-state index in [-0.39, 0.29) is 11.8 Å². The van der Waals surface area contributed by atoms with Crippen LogP contribution in [0.15, 0.2) is 0 Å². The molecule has 1 aliphatic rings. The lowest BCUT2D eigenvalue weighted by Gasteiger charge is -2.33. The van der Waals surface area contributed by atoms with E-state index in [2.05, 4.69) is 0 Å². The molecule has 1 rings (SSSR count). The molecule has 0 heterocycles. The van der Waals surface area contributed by atoms with Crippen LogP contribution in [0.1, 0.15) is 58.8 Å². The molecule has 1 aliphatic carbocycles. The normalized spacial score (nSPS) is 19.0. The molecule has 4 nitrogen and oxygen atoms in total. The number of nitrogens with zero attached hydrogens (tertiary/aromatic N) is 1. The van der Waals surface area contributed by atoms with E-state index in [9.17, 15) is 14.7 Å². The van der Waals surface area contributed by atoms with E-state index in [0.717, 1.165) is 32.1 Å². The van der Waals surface area contributed by atoms with E-state index in [1.54, 1.807) is 4.90 Å². The van der Waals surface area contributed by atoms with Gasteiger partial charge in [0.2, 0.25) is 5.91 Å². The Morgan fingerprint density at radius 2 is 1.78 bits per heavy atom. The number of carboxylic acids is 1. The Morgan fingerprint density at radius 1 is 1.22 bits per heavy atom. The van der Waals surface area contributed by atoms with Crippen LogP contribution in [0.25, 0.3) is 0 Å². The molecule has 1 amide bonds. The maximum atomic E-state index is 11.7. The second-order valence-corrected chi connectivity index (χ2v) is 5.25. The van der Waals surface area contributed by atoms with Crippen LogP contribution in [0.3, 0.4) is 0 Å². The lowest BCUT2D eigenvalue weighted by molar-refractivity contribution is -0.152. The first-order chi connectivity index (χ1) is 8.57. The maximum Gasteiger partial charge on any atom is 0.326 e. The van der Waals surface area contributed by atoms with Gasteiger partial charge in [0.05, 0.1) is 0 Å². The van der Waals surface area contributed by atoms with Gasteiger partial charge < -0.3 is 10.0 Å². The lowest BCUT2D eigenvalue weighted by atomic mass is 9.90. The quantitative estimate of drug-likeness (QED) is 0.768. The number of aliphatic carboxylic acids is 1. The molecular formula is C14H25NO3. The second-order valence-electron chi connectivity index (χ2n) is 5.25. The first-order valence-electron chi connectivity index (χ1n) is 7.08. The van der Waals surface area contributed by atoms with Crippen molar-refractivity contribution in [2.45, 2.75) is 64.8 Å². The van der Waals surface area contributed by atoms with Crippen molar-refractivity contribution in [1.29, 1.82) is 0 Å². The molecule has 0 aromatic heterocycles. The summed E-state index contributed by atoms with van der Waals surface area (Å²) in [5.41, 5.74) is 0. The van der Waals surface area contributed by atoms with Crippen LogP contribution in [-0.2, 0) is 9.59 Å². The van der Waals surface area contributed by atoms with Crippen molar-refractivity contribution in [1.82, 2.24) is 4.90 Å². The number of hydrogen-bond donors (Lipinski definition) is 1. The van der Waals surface area contributed by atoms with E-state index in [4.69, 9.17) is 0 Å². The average Bonchev–Trinajstić information content (AvgIpc) is 2.56. The first kappa shape index (κ1) is 15.0. The molecule has 104 valence electrons. The molecule has 18 heavy (non-hydrogen) atoms. The van der Waals surface area contributed by atoms with Gasteiger partial charge in [0.1, 0.15) is 6.04 Å². The SMILES string of the molecule is CCCN(C(C)=O)C(C(=O)O)C1CCCCCC1. The smallest absolute Gasteiger partial charge is 0.326 e. The summed E-state index contributed by atoms with van der Waals surface area (Å²) < 4.78 is 0. The third-order valence-electron chi connectivity index (χ3n) is 3.80. The van der Waals surface area contributed by atoms with Crippen molar-refractivity contribution in [2.75, 3.05) is 6.54 Å². The number of carbonyl (C=O) groups is 2. The fourth-order valence-electron chi connectivity index (χ4n) is 2.95. The highest BCUT2D eigenvalue weighted by Crippen LogP contribution is 2.28. The van der Waals surface area contributed by atoms with Crippen LogP contribution in [0.5, 0.6) is 0 Å². The van der Waals surface area contributed by atoms with Gasteiger partial charge in [0.15, 0.2) is 0 Å². The van der Waals surface area contributed by atoms with Crippen LogP contribution in [0, 0.1) is 5.92 Å². The summed E-state index contributed by atoms with van der Waals surface area (Å²) in [6.45, 7) is 3.99. The van der Waals surface area contributed by atoms with Crippen molar-refractivity contribution in [3.8, 4) is 0 Å². The summed E-state index contributed by atoms with van der Waals surface area (Å²) in [7, 11) is 0. The average molecular weight is 255 g/mol. The molecule has 1 unspecified atom stereocenters. The summed E-state index contributed by atoms with van der Waals surface area (Å²) in [6.07, 6.45) is 7.23. The van der Waals surface area contributed by atoms with Gasteiger partial charge in [0.25, 0.3) is 0 Å². The Kier molecular flexibility index (Phi) is 6.16. The van der Waals surface area contributed by atoms with E-state index >= 15 is 0 Å². The highest BCUT2D eigenvalue weighted by Gasteiger charge is 2.34. The zero-order chi connectivity index (χ0) is 13.5. The molecule has 1 saturated carbocycles. The summed E-state index contributed by atoms with van der Waals surface area (Å²) in [5, 5.41) is 9.47. The monoisotopic (exact) mass is 255 g/mol. The van der Waals surface area contributed by atoms with Crippen LogP contribution < -0.4 is 0 Å². The predicted octanol–water partition coefficient (Wildman–Crippen LogP) is 2.67. The molecule has 0 bridgehead atoms. The van der Waals surface area contributed by atoms with Crippen molar-refractivity contribution >= 4 is 11.9 Å². The van der Waals surface area contributed by atoms with Gasteiger partial charge in [0, 0.05) is 13.5 Å². The van der Waals surface area contributed by atoms with Crippen molar-refractivity contribution in [3.05, 3.63) is 0 Å². The second kappa shape index (κ2) is 7.39. The molecule has 0 aliphatic heterocycles. The predicted molar refractivity (Wildman–Crippen MR) is 70.3 cm³/mol. The van der Waals surface area contributed by atoms with Crippen molar-refractivity contribution in [2.24, 2.45) is 5.92 Å². The van der Waals surface area contributed by atoms with E-state index in [1.165, 1.54) is 19.8 Å². The molecule has 1 N–H and O–H groups in total. The molecule has 4 heteroatoms. The van der Waals surface area contributed by atoms with Crippen molar-refractivity contribution in [3.63, 3.8) is 0 Å². The molecule has 0 aromatic carbocycles. The lowest BCUT2D eigenvalue weighted by Crippen LogP contribution is -2.48. The zero-order valence-electron chi connectivity index (χ0n) is 11.5. The first-order valence-corrected chi connectivity index (χ1v) is 7.08. The van der Waals surface area contributed by atoms with Crippen LogP contribution >= 0.6 is 0 Å². The Bertz CT molecular complexity index is 283. The summed E-state index contributed by atoms with van der Waals surface area (Å²) in [6, 6.07) is -0.624. The molecule has 1 atom stereocenters. The number of carbonyl (C=O) groups excluding carboxylic acids is 1. The Labute approximate surface area is 109 Å². The highest BCUT2D eigenvalue weighted by atomic mass is 16.4. The van der Waals surface area contributed by atoms with E-state index in [0.29, 0.717) is 6.54 Å². The van der Waals surface area contributed by atoms with Gasteiger partial charge in [-0.25, -0.2) is 4.79 Å². The molecule has 1 fully saturated rings. The van der Waals surface area contributed by atoms with Gasteiger partial charge in [-0.1, -0.05) is 32.6 Å². The zero-order valence-corrected chi connectivity index (χ0v) is 11.5. The Hall–Kier alpha value is -1.06. The van der Waals surface area contributed by atoms with E-state index in [1.807, 2.05) is 6.92 Å². The van der Waals surface area contributed by atoms with E-state index < -0.39 is 12.0 Å². The minimum atomic E-state index is -0.842. The molecule has 0 radical (unpaired) electrons. The van der Waals surface area contributed by atoms with Crippen molar-refractivity contribution < 1.29 is 14.7 Å². The molecular weight excluding hydrogens is 230 g/mol. The number of carboxylic acid groups (broad SMARTS) is 1. The fraction of sp³-hybridized carbons (Fsp3) is 0.857. The third-order valence-corrected chi connectivity index (χ3v) is 3.80. The summed E-state index contributed by atoms with van der Waals surface area (Å²) in [5.74, 6) is -0.834. The fourth-order valence-corrected chi connectivity index (χ4v) is 2.95. The minimum Gasteiger partial charge on any atom is -0.480 e. The van der Waals surface area contributed by atoms with Gasteiger partial charge in [-0.05, 0) is 25.2 Å². The third kappa shape index (κ3) is 4.00. The van der Waals surface area contributed by atoms with Gasteiger partial charge in [-0.15, -0.1) is 0 Å². The summed E-state index contributed by atoms with van der Waals surface area (Å²) >= 11 is 0. The van der Waals surface area contributed by atoms with Gasteiger partial charge >= 0.3 is 5.97 Å². The molecule has 0 aromatic rings. The Balaban J connectivity index is 2.83. The topological polar surface area (TPSA) is 57.6 Å². The van der Waals surface area contributed by atoms with Gasteiger partial charge in [-0.3, -0.25) is 4.79 Å².